The first-order chi connectivity index (χ1) is 19.3. The van der Waals surface area contributed by atoms with E-state index in [0.717, 1.165) is 42.6 Å². The Labute approximate surface area is 238 Å². The maximum Gasteiger partial charge on any atom is 0.336 e. The number of hydrogen-bond donors (Lipinski definition) is 0. The molecular formula is C35H40O5. The van der Waals surface area contributed by atoms with E-state index < -0.39 is 5.97 Å². The zero-order valence-electron chi connectivity index (χ0n) is 24.2. The van der Waals surface area contributed by atoms with E-state index in [4.69, 9.17) is 14.2 Å². The summed E-state index contributed by atoms with van der Waals surface area (Å²) in [5.41, 5.74) is 4.66. The first-order valence-electron chi connectivity index (χ1n) is 13.9. The molecule has 0 amide bonds. The van der Waals surface area contributed by atoms with Crippen LogP contribution in [0, 0.1) is 6.92 Å². The maximum atomic E-state index is 12.2. The zero-order chi connectivity index (χ0) is 28.9. The Hall–Kier alpha value is -4.12. The minimum atomic E-state index is -0.417. The molecule has 40 heavy (non-hydrogen) atoms. The van der Waals surface area contributed by atoms with Crippen LogP contribution in [0.3, 0.4) is 0 Å². The molecule has 0 radical (unpaired) electrons. The Morgan fingerprint density at radius 1 is 0.825 bits per heavy atom. The third kappa shape index (κ3) is 9.57. The predicted molar refractivity (Wildman–Crippen MR) is 161 cm³/mol. The normalized spacial score (nSPS) is 12.8. The average Bonchev–Trinajstić information content (AvgIpc) is 2.95. The number of benzene rings is 3. The van der Waals surface area contributed by atoms with Crippen LogP contribution in [0.25, 0.3) is 6.08 Å². The SMILES string of the molecule is CCC(CCCC(C)c1ccc(OC(=O)/C=C/C=C/c2cc(OC)ccc2C)cc1)c1ccc(OC(C)=O)cc1. The number of carbonyl (C=O) groups excluding carboxylic acids is 2. The van der Waals surface area contributed by atoms with Crippen LogP contribution in [0.2, 0.25) is 0 Å². The van der Waals surface area contributed by atoms with E-state index in [9.17, 15) is 9.59 Å². The molecule has 3 aromatic rings. The van der Waals surface area contributed by atoms with Crippen molar-refractivity contribution < 1.29 is 23.8 Å². The maximum absolute atomic E-state index is 12.2. The smallest absolute Gasteiger partial charge is 0.336 e. The van der Waals surface area contributed by atoms with E-state index in [1.807, 2.05) is 73.7 Å². The average molecular weight is 541 g/mol. The van der Waals surface area contributed by atoms with Crippen LogP contribution in [0.5, 0.6) is 17.2 Å². The van der Waals surface area contributed by atoms with Crippen LogP contribution in [0.4, 0.5) is 0 Å². The molecule has 0 aromatic heterocycles. The summed E-state index contributed by atoms with van der Waals surface area (Å²) in [6.07, 6.45) is 11.2. The molecule has 0 spiro atoms. The fourth-order valence-corrected chi connectivity index (χ4v) is 4.65. The monoisotopic (exact) mass is 540 g/mol. The molecule has 5 heteroatoms. The number of rotatable bonds is 13. The lowest BCUT2D eigenvalue weighted by molar-refractivity contribution is -0.132. The molecular weight excluding hydrogens is 500 g/mol. The van der Waals surface area contributed by atoms with Crippen molar-refractivity contribution in [2.45, 2.75) is 65.2 Å². The molecule has 0 heterocycles. The van der Waals surface area contributed by atoms with Crippen LogP contribution in [-0.4, -0.2) is 19.0 Å². The van der Waals surface area contributed by atoms with Gasteiger partial charge in [-0.3, -0.25) is 4.79 Å². The molecule has 5 nitrogen and oxygen atoms in total. The van der Waals surface area contributed by atoms with Crippen molar-refractivity contribution in [3.8, 4) is 17.2 Å². The number of carbonyl (C=O) groups is 2. The summed E-state index contributed by atoms with van der Waals surface area (Å²) in [4.78, 5) is 23.4. The number of aryl methyl sites for hydroxylation is 1. The molecule has 3 aromatic carbocycles. The molecule has 0 bridgehead atoms. The Morgan fingerprint density at radius 3 is 2.08 bits per heavy atom. The number of esters is 2. The fourth-order valence-electron chi connectivity index (χ4n) is 4.65. The number of allylic oxidation sites excluding steroid dienone is 2. The van der Waals surface area contributed by atoms with Gasteiger partial charge >= 0.3 is 11.9 Å². The number of hydrogen-bond acceptors (Lipinski definition) is 5. The Morgan fingerprint density at radius 2 is 1.45 bits per heavy atom. The molecule has 210 valence electrons. The van der Waals surface area contributed by atoms with Gasteiger partial charge in [0, 0.05) is 13.0 Å². The third-order valence-electron chi connectivity index (χ3n) is 7.07. The first kappa shape index (κ1) is 30.4. The quantitative estimate of drug-likeness (QED) is 0.0940. The van der Waals surface area contributed by atoms with E-state index in [0.29, 0.717) is 23.3 Å². The molecule has 0 N–H and O–H groups in total. The van der Waals surface area contributed by atoms with Crippen LogP contribution in [-0.2, 0) is 9.59 Å². The highest BCUT2D eigenvalue weighted by Crippen LogP contribution is 2.30. The van der Waals surface area contributed by atoms with Crippen molar-refractivity contribution in [1.29, 1.82) is 0 Å². The summed E-state index contributed by atoms with van der Waals surface area (Å²) in [5, 5.41) is 0. The highest BCUT2D eigenvalue weighted by atomic mass is 16.5. The van der Waals surface area contributed by atoms with E-state index in [-0.39, 0.29) is 5.97 Å². The van der Waals surface area contributed by atoms with Gasteiger partial charge in [-0.25, -0.2) is 4.79 Å². The summed E-state index contributed by atoms with van der Waals surface area (Å²) in [6, 6.07) is 21.5. The van der Waals surface area contributed by atoms with Crippen molar-refractivity contribution in [2.75, 3.05) is 7.11 Å². The van der Waals surface area contributed by atoms with Crippen LogP contribution < -0.4 is 14.2 Å². The zero-order valence-corrected chi connectivity index (χ0v) is 24.2. The van der Waals surface area contributed by atoms with Gasteiger partial charge in [0.25, 0.3) is 0 Å². The highest BCUT2D eigenvalue weighted by Gasteiger charge is 2.12. The molecule has 0 aliphatic carbocycles. The van der Waals surface area contributed by atoms with Crippen molar-refractivity contribution in [2.24, 2.45) is 0 Å². The molecule has 2 unspecified atom stereocenters. The highest BCUT2D eigenvalue weighted by molar-refractivity contribution is 5.84. The lowest BCUT2D eigenvalue weighted by Gasteiger charge is -2.18. The summed E-state index contributed by atoms with van der Waals surface area (Å²) >= 11 is 0. The van der Waals surface area contributed by atoms with E-state index in [1.165, 1.54) is 24.1 Å². The van der Waals surface area contributed by atoms with Gasteiger partial charge < -0.3 is 14.2 Å². The van der Waals surface area contributed by atoms with E-state index in [1.54, 1.807) is 13.2 Å². The van der Waals surface area contributed by atoms with Crippen molar-refractivity contribution in [1.82, 2.24) is 0 Å². The van der Waals surface area contributed by atoms with Gasteiger partial charge in [0.1, 0.15) is 17.2 Å². The predicted octanol–water partition coefficient (Wildman–Crippen LogP) is 8.57. The molecule has 3 rings (SSSR count). The molecule has 2 atom stereocenters. The van der Waals surface area contributed by atoms with Crippen LogP contribution >= 0.6 is 0 Å². The number of ether oxygens (including phenoxy) is 3. The van der Waals surface area contributed by atoms with E-state index >= 15 is 0 Å². The van der Waals surface area contributed by atoms with Crippen LogP contribution in [0.1, 0.15) is 80.5 Å². The largest absolute Gasteiger partial charge is 0.497 e. The van der Waals surface area contributed by atoms with E-state index in [2.05, 4.69) is 26.0 Å². The summed E-state index contributed by atoms with van der Waals surface area (Å²) in [7, 11) is 1.64. The summed E-state index contributed by atoms with van der Waals surface area (Å²) in [6.45, 7) is 7.88. The van der Waals surface area contributed by atoms with Gasteiger partial charge in [-0.1, -0.05) is 68.8 Å². The van der Waals surface area contributed by atoms with Crippen molar-refractivity contribution in [3.05, 3.63) is 107 Å². The van der Waals surface area contributed by atoms with Gasteiger partial charge in [0.2, 0.25) is 0 Å². The molecule has 0 saturated heterocycles. The second-order valence-corrected chi connectivity index (χ2v) is 10.0. The van der Waals surface area contributed by atoms with Crippen LogP contribution in [0.15, 0.2) is 85.0 Å². The Kier molecular flexibility index (Phi) is 11.8. The summed E-state index contributed by atoms with van der Waals surface area (Å²) in [5.74, 6) is 2.06. The molecule has 0 saturated carbocycles. The lowest BCUT2D eigenvalue weighted by atomic mass is 9.88. The van der Waals surface area contributed by atoms with Gasteiger partial charge in [0.15, 0.2) is 0 Å². The summed E-state index contributed by atoms with van der Waals surface area (Å²) < 4.78 is 15.9. The van der Waals surface area contributed by atoms with Gasteiger partial charge in [-0.05, 0) is 96.7 Å². The fraction of sp³-hybridized carbons (Fsp3) is 0.314. The number of methoxy groups -OCH3 is 1. The minimum absolute atomic E-state index is 0.305. The molecule has 0 aliphatic rings. The van der Waals surface area contributed by atoms with Gasteiger partial charge in [-0.15, -0.1) is 0 Å². The first-order valence-corrected chi connectivity index (χ1v) is 13.9. The van der Waals surface area contributed by atoms with Crippen molar-refractivity contribution >= 4 is 18.0 Å². The minimum Gasteiger partial charge on any atom is -0.497 e. The molecule has 0 fully saturated rings. The third-order valence-corrected chi connectivity index (χ3v) is 7.07. The van der Waals surface area contributed by atoms with Crippen molar-refractivity contribution in [3.63, 3.8) is 0 Å². The lowest BCUT2D eigenvalue weighted by Crippen LogP contribution is -2.04. The van der Waals surface area contributed by atoms with Gasteiger partial charge in [0.05, 0.1) is 7.11 Å². The second-order valence-electron chi connectivity index (χ2n) is 10.0. The topological polar surface area (TPSA) is 61.8 Å². The Balaban J connectivity index is 1.45. The second kappa shape index (κ2) is 15.5. The van der Waals surface area contributed by atoms with Gasteiger partial charge in [-0.2, -0.15) is 0 Å². The Bertz CT molecular complexity index is 1300. The standard InChI is InChI=1S/C35H40O5/c1-6-28(30-17-22-32(23-18-30)39-27(4)36)12-9-10-25(2)29-15-20-33(21-16-29)40-35(37)13-8-7-11-31-24-34(38-5)19-14-26(31)3/h7-8,11,13-25,28H,6,9-10,12H2,1-5H3/b11-7+,13-8+. The molecule has 0 aliphatic heterocycles.